The molecule has 0 aliphatic heterocycles. The van der Waals surface area contributed by atoms with Gasteiger partial charge in [0.2, 0.25) is 0 Å². The van der Waals surface area contributed by atoms with Crippen molar-refractivity contribution >= 4 is 11.9 Å². The zero-order chi connectivity index (χ0) is 15.7. The third-order valence-electron chi connectivity index (χ3n) is 2.92. The second-order valence-corrected chi connectivity index (χ2v) is 5.00. The van der Waals surface area contributed by atoms with Gasteiger partial charge in [0, 0.05) is 0 Å². The van der Waals surface area contributed by atoms with E-state index >= 15 is 0 Å². The van der Waals surface area contributed by atoms with Gasteiger partial charge in [-0.15, -0.1) is 0 Å². The number of nitrogens with one attached hydrogen (secondary N) is 1. The van der Waals surface area contributed by atoms with Crippen molar-refractivity contribution in [1.29, 1.82) is 0 Å². The molecule has 0 aliphatic rings. The maximum atomic E-state index is 12.1. The van der Waals surface area contributed by atoms with E-state index in [-0.39, 0.29) is 31.0 Å². The van der Waals surface area contributed by atoms with Gasteiger partial charge in [0.05, 0.1) is 13.2 Å². The van der Waals surface area contributed by atoms with Gasteiger partial charge in [0.15, 0.2) is 0 Å². The number of ether oxygens (including phenoxy) is 2. The largest absolute Gasteiger partial charge is 0.465 e. The Labute approximate surface area is 125 Å². The van der Waals surface area contributed by atoms with E-state index in [1.54, 1.807) is 6.92 Å². The number of hydrogen-bond donors (Lipinski definition) is 1. The molecule has 0 aromatic heterocycles. The fourth-order valence-electron chi connectivity index (χ4n) is 1.81. The number of rotatable bonds is 8. The van der Waals surface area contributed by atoms with E-state index in [0.717, 1.165) is 5.56 Å². The maximum Gasteiger partial charge on any atom is 0.323 e. The summed E-state index contributed by atoms with van der Waals surface area (Å²) in [7, 11) is 0. The highest BCUT2D eigenvalue weighted by atomic mass is 16.5. The summed E-state index contributed by atoms with van der Waals surface area (Å²) in [6.07, 6.45) is 0. The lowest BCUT2D eigenvalue weighted by atomic mass is 10.0. The second kappa shape index (κ2) is 9.13. The molecule has 0 saturated carbocycles. The van der Waals surface area contributed by atoms with Crippen LogP contribution in [0.3, 0.4) is 0 Å². The lowest BCUT2D eigenvalue weighted by Crippen LogP contribution is -2.44. The zero-order valence-electron chi connectivity index (χ0n) is 12.8. The minimum atomic E-state index is -0.530. The van der Waals surface area contributed by atoms with Crippen molar-refractivity contribution in [3.05, 3.63) is 35.9 Å². The molecule has 5 heteroatoms. The summed E-state index contributed by atoms with van der Waals surface area (Å²) in [4.78, 5) is 23.4. The van der Waals surface area contributed by atoms with Gasteiger partial charge < -0.3 is 9.47 Å². The Morgan fingerprint density at radius 1 is 1.14 bits per heavy atom. The monoisotopic (exact) mass is 293 g/mol. The smallest absolute Gasteiger partial charge is 0.323 e. The van der Waals surface area contributed by atoms with Crippen molar-refractivity contribution in [1.82, 2.24) is 5.32 Å². The molecule has 5 nitrogen and oxygen atoms in total. The minimum absolute atomic E-state index is 0.00285. The molecule has 1 unspecified atom stereocenters. The van der Waals surface area contributed by atoms with Crippen LogP contribution in [-0.2, 0) is 25.7 Å². The van der Waals surface area contributed by atoms with Crippen LogP contribution in [-0.4, -0.2) is 31.1 Å². The van der Waals surface area contributed by atoms with Crippen molar-refractivity contribution in [2.75, 3.05) is 13.2 Å². The lowest BCUT2D eigenvalue weighted by molar-refractivity contribution is -0.149. The summed E-state index contributed by atoms with van der Waals surface area (Å²) >= 11 is 0. The molecule has 0 saturated heterocycles. The quantitative estimate of drug-likeness (QED) is 0.742. The predicted molar refractivity (Wildman–Crippen MR) is 79.5 cm³/mol. The number of benzene rings is 1. The topological polar surface area (TPSA) is 64.6 Å². The Morgan fingerprint density at radius 3 is 2.38 bits per heavy atom. The molecule has 0 fully saturated rings. The SMILES string of the molecule is CCOC(=O)CNC(C(=O)OCc1ccccc1)C(C)C. The van der Waals surface area contributed by atoms with Crippen molar-refractivity contribution in [3.8, 4) is 0 Å². The molecule has 0 bridgehead atoms. The summed E-state index contributed by atoms with van der Waals surface area (Å²) in [5.41, 5.74) is 0.929. The minimum Gasteiger partial charge on any atom is -0.465 e. The van der Waals surface area contributed by atoms with Crippen LogP contribution in [0.15, 0.2) is 30.3 Å². The van der Waals surface area contributed by atoms with Gasteiger partial charge in [-0.25, -0.2) is 0 Å². The molecule has 0 radical (unpaired) electrons. The maximum absolute atomic E-state index is 12.1. The molecule has 116 valence electrons. The van der Waals surface area contributed by atoms with E-state index in [4.69, 9.17) is 9.47 Å². The fraction of sp³-hybridized carbons (Fsp3) is 0.500. The normalized spacial score (nSPS) is 12.0. The first-order valence-electron chi connectivity index (χ1n) is 7.14. The van der Waals surface area contributed by atoms with Crippen LogP contribution in [0.25, 0.3) is 0 Å². The summed E-state index contributed by atoms with van der Waals surface area (Å²) in [6, 6.07) is 8.94. The van der Waals surface area contributed by atoms with Crippen molar-refractivity contribution in [3.63, 3.8) is 0 Å². The number of esters is 2. The van der Waals surface area contributed by atoms with E-state index in [9.17, 15) is 9.59 Å². The van der Waals surface area contributed by atoms with E-state index in [1.807, 2.05) is 44.2 Å². The van der Waals surface area contributed by atoms with E-state index in [0.29, 0.717) is 6.61 Å². The van der Waals surface area contributed by atoms with Gasteiger partial charge >= 0.3 is 11.9 Å². The van der Waals surface area contributed by atoms with Gasteiger partial charge in [-0.2, -0.15) is 0 Å². The van der Waals surface area contributed by atoms with E-state index in [2.05, 4.69) is 5.32 Å². The van der Waals surface area contributed by atoms with Crippen LogP contribution in [0.2, 0.25) is 0 Å². The molecule has 1 aromatic carbocycles. The standard InChI is InChI=1S/C16H23NO4/c1-4-20-14(18)10-17-15(12(2)3)16(19)21-11-13-8-6-5-7-9-13/h5-9,12,15,17H,4,10-11H2,1-3H3. The van der Waals surface area contributed by atoms with Crippen molar-refractivity contribution < 1.29 is 19.1 Å². The Morgan fingerprint density at radius 2 is 1.81 bits per heavy atom. The highest BCUT2D eigenvalue weighted by molar-refractivity contribution is 5.78. The molecular weight excluding hydrogens is 270 g/mol. The summed E-state index contributed by atoms with van der Waals surface area (Å²) in [5, 5.41) is 2.89. The Balaban J connectivity index is 2.47. The highest BCUT2D eigenvalue weighted by Gasteiger charge is 2.24. The average Bonchev–Trinajstić information content (AvgIpc) is 2.46. The molecular formula is C16H23NO4. The molecule has 0 aliphatic carbocycles. The summed E-state index contributed by atoms with van der Waals surface area (Å²) in [5.74, 6) is -0.722. The van der Waals surface area contributed by atoms with Crippen LogP contribution in [0.1, 0.15) is 26.3 Å². The van der Waals surface area contributed by atoms with Crippen molar-refractivity contribution in [2.45, 2.75) is 33.4 Å². The third-order valence-corrected chi connectivity index (χ3v) is 2.92. The highest BCUT2D eigenvalue weighted by Crippen LogP contribution is 2.07. The number of hydrogen-bond acceptors (Lipinski definition) is 5. The van der Waals surface area contributed by atoms with Gasteiger partial charge in [-0.3, -0.25) is 14.9 Å². The molecule has 1 aromatic rings. The molecule has 1 N–H and O–H groups in total. The van der Waals surface area contributed by atoms with Crippen molar-refractivity contribution in [2.24, 2.45) is 5.92 Å². The summed E-state index contributed by atoms with van der Waals surface area (Å²) < 4.78 is 10.1. The Hall–Kier alpha value is -1.88. The Bertz CT molecular complexity index is 445. The van der Waals surface area contributed by atoms with E-state index < -0.39 is 6.04 Å². The first-order valence-corrected chi connectivity index (χ1v) is 7.14. The molecule has 21 heavy (non-hydrogen) atoms. The molecule has 0 amide bonds. The van der Waals surface area contributed by atoms with Gasteiger partial charge in [0.25, 0.3) is 0 Å². The van der Waals surface area contributed by atoms with Crippen LogP contribution in [0.4, 0.5) is 0 Å². The average molecular weight is 293 g/mol. The fourth-order valence-corrected chi connectivity index (χ4v) is 1.81. The number of carbonyl (C=O) groups excluding carboxylic acids is 2. The lowest BCUT2D eigenvalue weighted by Gasteiger charge is -2.20. The third kappa shape index (κ3) is 6.40. The number of carbonyl (C=O) groups is 2. The molecule has 1 rings (SSSR count). The Kier molecular flexibility index (Phi) is 7.46. The predicted octanol–water partition coefficient (Wildman–Crippen LogP) is 1.91. The second-order valence-electron chi connectivity index (χ2n) is 5.00. The van der Waals surface area contributed by atoms with Gasteiger partial charge in [-0.1, -0.05) is 44.2 Å². The zero-order valence-corrected chi connectivity index (χ0v) is 12.8. The van der Waals surface area contributed by atoms with Gasteiger partial charge in [-0.05, 0) is 18.4 Å². The van der Waals surface area contributed by atoms with Crippen LogP contribution >= 0.6 is 0 Å². The van der Waals surface area contributed by atoms with Crippen LogP contribution in [0.5, 0.6) is 0 Å². The van der Waals surface area contributed by atoms with E-state index in [1.165, 1.54) is 0 Å². The van der Waals surface area contributed by atoms with Crippen LogP contribution < -0.4 is 5.32 Å². The van der Waals surface area contributed by atoms with Crippen LogP contribution in [0, 0.1) is 5.92 Å². The first-order chi connectivity index (χ1) is 10.0. The molecule has 1 atom stereocenters. The van der Waals surface area contributed by atoms with Gasteiger partial charge in [0.1, 0.15) is 12.6 Å². The summed E-state index contributed by atoms with van der Waals surface area (Å²) in [6.45, 7) is 6.08. The molecule has 0 spiro atoms. The first kappa shape index (κ1) is 17.2. The molecule has 0 heterocycles.